The molecule has 5 nitrogen and oxygen atoms in total. The highest BCUT2D eigenvalue weighted by Gasteiger charge is 2.08. The molecule has 0 atom stereocenters. The van der Waals surface area contributed by atoms with Gasteiger partial charge in [0, 0.05) is 12.2 Å². The Hall–Kier alpha value is -2.56. The fourth-order valence-corrected chi connectivity index (χ4v) is 1.97. The van der Waals surface area contributed by atoms with Crippen molar-refractivity contribution < 1.29 is 14.3 Å². The summed E-state index contributed by atoms with van der Waals surface area (Å²) in [7, 11) is 3.17. The molecule has 0 unspecified atom stereocenters. The van der Waals surface area contributed by atoms with Crippen molar-refractivity contribution in [3.05, 3.63) is 47.8 Å². The second kappa shape index (κ2) is 6.93. The largest absolute Gasteiger partial charge is 0.493 e. The topological polar surface area (TPSA) is 53.3 Å². The van der Waals surface area contributed by atoms with Gasteiger partial charge in [0.05, 0.1) is 26.0 Å². The van der Waals surface area contributed by atoms with Crippen LogP contribution in [-0.2, 0) is 0 Å². The molecule has 0 saturated heterocycles. The Morgan fingerprint density at radius 2 is 1.95 bits per heavy atom. The van der Waals surface area contributed by atoms with Crippen LogP contribution in [0.4, 0.5) is 0 Å². The zero-order chi connectivity index (χ0) is 16.1. The fraction of sp³-hybridized carbons (Fsp3) is 0.294. The van der Waals surface area contributed by atoms with Crippen LogP contribution >= 0.6 is 0 Å². The summed E-state index contributed by atoms with van der Waals surface area (Å²) in [6.07, 6.45) is 6.62. The number of aromatic nitrogens is 2. The van der Waals surface area contributed by atoms with E-state index in [4.69, 9.17) is 9.47 Å². The number of methoxy groups -OCH3 is 2. The minimum Gasteiger partial charge on any atom is -0.493 e. The van der Waals surface area contributed by atoms with Crippen molar-refractivity contribution in [2.45, 2.75) is 19.9 Å². The van der Waals surface area contributed by atoms with E-state index in [0.717, 1.165) is 5.56 Å². The third kappa shape index (κ3) is 3.55. The molecule has 0 aliphatic heterocycles. The van der Waals surface area contributed by atoms with Gasteiger partial charge in [0.1, 0.15) is 0 Å². The van der Waals surface area contributed by atoms with Crippen molar-refractivity contribution >= 4 is 11.9 Å². The van der Waals surface area contributed by atoms with Gasteiger partial charge in [0.2, 0.25) is 0 Å². The molecule has 0 saturated carbocycles. The molecule has 1 aromatic carbocycles. The van der Waals surface area contributed by atoms with E-state index < -0.39 is 0 Å². The quantitative estimate of drug-likeness (QED) is 0.606. The molecule has 2 rings (SSSR count). The predicted molar refractivity (Wildman–Crippen MR) is 85.5 cm³/mol. The first-order valence-corrected chi connectivity index (χ1v) is 7.03. The molecule has 1 aromatic heterocycles. The van der Waals surface area contributed by atoms with E-state index in [-0.39, 0.29) is 11.8 Å². The molecule has 0 amide bonds. The van der Waals surface area contributed by atoms with Crippen molar-refractivity contribution in [1.29, 1.82) is 0 Å². The normalized spacial score (nSPS) is 11.1. The van der Waals surface area contributed by atoms with Crippen LogP contribution in [0, 0.1) is 0 Å². The first-order valence-electron chi connectivity index (χ1n) is 7.03. The Labute approximate surface area is 130 Å². The zero-order valence-corrected chi connectivity index (χ0v) is 13.2. The van der Waals surface area contributed by atoms with E-state index in [9.17, 15) is 4.79 Å². The minimum atomic E-state index is -0.0818. The monoisotopic (exact) mass is 300 g/mol. The number of benzene rings is 1. The Balaban J connectivity index is 2.15. The summed E-state index contributed by atoms with van der Waals surface area (Å²) < 4.78 is 12.2. The van der Waals surface area contributed by atoms with Crippen LogP contribution in [0.3, 0.4) is 0 Å². The fourth-order valence-electron chi connectivity index (χ4n) is 1.97. The van der Waals surface area contributed by atoms with Crippen molar-refractivity contribution in [3.63, 3.8) is 0 Å². The van der Waals surface area contributed by atoms with Crippen LogP contribution in [0.25, 0.3) is 6.08 Å². The van der Waals surface area contributed by atoms with Gasteiger partial charge < -0.3 is 9.47 Å². The second-order valence-electron chi connectivity index (χ2n) is 5.11. The number of allylic oxidation sites excluding steroid dienone is 1. The molecule has 0 N–H and O–H groups in total. The maximum absolute atomic E-state index is 12.1. The van der Waals surface area contributed by atoms with Gasteiger partial charge in [-0.25, -0.2) is 0 Å². The van der Waals surface area contributed by atoms with Crippen LogP contribution in [0.1, 0.15) is 35.8 Å². The second-order valence-corrected chi connectivity index (χ2v) is 5.11. The van der Waals surface area contributed by atoms with E-state index >= 15 is 0 Å². The Bertz CT molecular complexity index is 687. The predicted octanol–water partition coefficient (Wildman–Crippen LogP) is 3.38. The molecule has 0 spiro atoms. The summed E-state index contributed by atoms with van der Waals surface area (Å²) in [4.78, 5) is 12.1. The molecule has 0 fully saturated rings. The van der Waals surface area contributed by atoms with Crippen LogP contribution in [0.15, 0.2) is 36.7 Å². The van der Waals surface area contributed by atoms with Gasteiger partial charge in [0.15, 0.2) is 17.3 Å². The summed E-state index contributed by atoms with van der Waals surface area (Å²) in [5.41, 5.74) is 1.44. The van der Waals surface area contributed by atoms with Crippen molar-refractivity contribution in [2.75, 3.05) is 14.2 Å². The number of hydrogen-bond acceptors (Lipinski definition) is 4. The van der Waals surface area contributed by atoms with E-state index in [1.807, 2.05) is 26.0 Å². The number of nitrogens with zero attached hydrogens (tertiary/aromatic N) is 2. The Kier molecular flexibility index (Phi) is 4.99. The van der Waals surface area contributed by atoms with Gasteiger partial charge in [-0.2, -0.15) is 5.10 Å². The van der Waals surface area contributed by atoms with Crippen LogP contribution < -0.4 is 9.47 Å². The molecule has 2 aromatic rings. The lowest BCUT2D eigenvalue weighted by atomic mass is 10.1. The van der Waals surface area contributed by atoms with Crippen LogP contribution in [0.2, 0.25) is 0 Å². The van der Waals surface area contributed by atoms with Crippen molar-refractivity contribution in [1.82, 2.24) is 9.78 Å². The lowest BCUT2D eigenvalue weighted by Crippen LogP contribution is -2.00. The van der Waals surface area contributed by atoms with E-state index in [1.54, 1.807) is 43.4 Å². The van der Waals surface area contributed by atoms with Crippen LogP contribution in [0.5, 0.6) is 11.5 Å². The van der Waals surface area contributed by atoms with Gasteiger partial charge >= 0.3 is 0 Å². The highest BCUT2D eigenvalue weighted by atomic mass is 16.5. The molecule has 1 heterocycles. The highest BCUT2D eigenvalue weighted by Crippen LogP contribution is 2.28. The number of carbonyl (C=O) groups is 1. The number of rotatable bonds is 6. The van der Waals surface area contributed by atoms with Gasteiger partial charge in [-0.15, -0.1) is 0 Å². The molecular formula is C17H20N2O3. The Morgan fingerprint density at radius 3 is 2.55 bits per heavy atom. The average molecular weight is 300 g/mol. The maximum atomic E-state index is 12.1. The maximum Gasteiger partial charge on any atom is 0.189 e. The SMILES string of the molecule is COc1ccc(/C=C\C(=O)c2cnn(C(C)C)c2)cc1OC. The smallest absolute Gasteiger partial charge is 0.189 e. The lowest BCUT2D eigenvalue weighted by Gasteiger charge is -2.07. The third-order valence-corrected chi connectivity index (χ3v) is 3.25. The van der Waals surface area contributed by atoms with E-state index in [1.165, 1.54) is 6.08 Å². The molecule has 116 valence electrons. The van der Waals surface area contributed by atoms with Gasteiger partial charge in [0.25, 0.3) is 0 Å². The third-order valence-electron chi connectivity index (χ3n) is 3.25. The number of carbonyl (C=O) groups excluding carboxylic acids is 1. The average Bonchev–Trinajstić information content (AvgIpc) is 3.02. The van der Waals surface area contributed by atoms with E-state index in [0.29, 0.717) is 17.1 Å². The van der Waals surface area contributed by atoms with Crippen LogP contribution in [-0.4, -0.2) is 29.8 Å². The first-order chi connectivity index (χ1) is 10.5. The molecule has 5 heteroatoms. The van der Waals surface area contributed by atoms with Gasteiger partial charge in [-0.3, -0.25) is 9.48 Å². The first kappa shape index (κ1) is 15.8. The lowest BCUT2D eigenvalue weighted by molar-refractivity contribution is 0.104. The van der Waals surface area contributed by atoms with Crippen molar-refractivity contribution in [3.8, 4) is 11.5 Å². The summed E-state index contributed by atoms with van der Waals surface area (Å²) >= 11 is 0. The van der Waals surface area contributed by atoms with Crippen molar-refractivity contribution in [2.24, 2.45) is 0 Å². The summed E-state index contributed by atoms with van der Waals surface area (Å²) in [6.45, 7) is 4.03. The Morgan fingerprint density at radius 1 is 1.23 bits per heavy atom. The molecule has 22 heavy (non-hydrogen) atoms. The number of ketones is 1. The zero-order valence-electron chi connectivity index (χ0n) is 13.2. The van der Waals surface area contributed by atoms with Gasteiger partial charge in [-0.05, 0) is 37.6 Å². The van der Waals surface area contributed by atoms with E-state index in [2.05, 4.69) is 5.10 Å². The highest BCUT2D eigenvalue weighted by molar-refractivity contribution is 6.06. The molecular weight excluding hydrogens is 280 g/mol. The molecule has 0 bridgehead atoms. The summed E-state index contributed by atoms with van der Waals surface area (Å²) in [5.74, 6) is 1.20. The molecule has 0 aliphatic carbocycles. The summed E-state index contributed by atoms with van der Waals surface area (Å²) in [5, 5.41) is 4.17. The standard InChI is InChI=1S/C17H20N2O3/c1-12(2)19-11-14(10-18-19)15(20)7-5-13-6-8-16(21-3)17(9-13)22-4/h5-12H,1-4H3/b7-5-. The van der Waals surface area contributed by atoms with Gasteiger partial charge in [-0.1, -0.05) is 12.1 Å². The molecule has 0 radical (unpaired) electrons. The molecule has 0 aliphatic rings. The minimum absolute atomic E-state index is 0.0818. The number of ether oxygens (including phenoxy) is 2. The summed E-state index contributed by atoms with van der Waals surface area (Å²) in [6, 6.07) is 5.72. The number of hydrogen-bond donors (Lipinski definition) is 0.